The molecule has 0 aromatic heterocycles. The fraction of sp³-hybridized carbons (Fsp3) is 0.750. The highest BCUT2D eigenvalue weighted by atomic mass is 19.1. The molecule has 1 aliphatic rings. The average molecular weight is 290 g/mol. The number of carboxylic acid groups (broad SMARTS) is 1. The molecular formula is C12H19FN2O5. The Hall–Kier alpha value is -1.86. The van der Waals surface area contributed by atoms with Gasteiger partial charge in [-0.2, -0.15) is 0 Å². The molecule has 2 amide bonds. The van der Waals surface area contributed by atoms with Crippen molar-refractivity contribution in [3.63, 3.8) is 0 Å². The van der Waals surface area contributed by atoms with Crippen LogP contribution in [0.15, 0.2) is 0 Å². The molecule has 8 heteroatoms. The standard InChI is InChI=1S/C12H19FN2O5/c1-6(2)9(14-12(19)20-3)10(16)15-5-7(13)4-8(15)11(17)18/h6-9H,4-5H2,1-3H3,(H,14,19)(H,17,18)/t7-,8+,9+/m1/s1. The minimum atomic E-state index is -1.37. The number of nitrogens with one attached hydrogen (secondary N) is 1. The Morgan fingerprint density at radius 1 is 1.40 bits per heavy atom. The lowest BCUT2D eigenvalue weighted by Crippen LogP contribution is -2.53. The number of hydrogen-bond donors (Lipinski definition) is 2. The van der Waals surface area contributed by atoms with Crippen LogP contribution in [0.4, 0.5) is 9.18 Å². The van der Waals surface area contributed by atoms with Gasteiger partial charge in [0, 0.05) is 6.42 Å². The van der Waals surface area contributed by atoms with Crippen molar-refractivity contribution in [2.24, 2.45) is 5.92 Å². The number of ether oxygens (including phenoxy) is 1. The van der Waals surface area contributed by atoms with Crippen LogP contribution in [0.5, 0.6) is 0 Å². The Morgan fingerprint density at radius 3 is 2.45 bits per heavy atom. The molecule has 1 heterocycles. The summed E-state index contributed by atoms with van der Waals surface area (Å²) in [6.07, 6.45) is -2.39. The molecule has 0 aliphatic carbocycles. The van der Waals surface area contributed by atoms with Crippen molar-refractivity contribution >= 4 is 18.0 Å². The Bertz CT molecular complexity index is 401. The van der Waals surface area contributed by atoms with Crippen LogP contribution in [0.2, 0.25) is 0 Å². The minimum absolute atomic E-state index is 0.232. The third-order valence-corrected chi connectivity index (χ3v) is 3.21. The van der Waals surface area contributed by atoms with Crippen molar-refractivity contribution in [3.05, 3.63) is 0 Å². The SMILES string of the molecule is COC(=O)N[C@H](C(=O)N1C[C@H](F)C[C@H]1C(=O)O)C(C)C. The van der Waals surface area contributed by atoms with Crippen molar-refractivity contribution in [2.45, 2.75) is 38.5 Å². The molecule has 0 bridgehead atoms. The van der Waals surface area contributed by atoms with E-state index in [0.717, 1.165) is 12.0 Å². The summed E-state index contributed by atoms with van der Waals surface area (Å²) >= 11 is 0. The fourth-order valence-corrected chi connectivity index (χ4v) is 2.14. The van der Waals surface area contributed by atoms with Crippen molar-refractivity contribution in [3.8, 4) is 0 Å². The first kappa shape index (κ1) is 16.2. The molecule has 0 spiro atoms. The molecule has 3 atom stereocenters. The Balaban J connectivity index is 2.88. The van der Waals surface area contributed by atoms with Crippen molar-refractivity contribution in [2.75, 3.05) is 13.7 Å². The number of nitrogens with zero attached hydrogens (tertiary/aromatic N) is 1. The number of aliphatic carboxylic acids is 1. The van der Waals surface area contributed by atoms with Crippen molar-refractivity contribution in [1.29, 1.82) is 0 Å². The highest BCUT2D eigenvalue weighted by Gasteiger charge is 2.42. The highest BCUT2D eigenvalue weighted by Crippen LogP contribution is 2.22. The quantitative estimate of drug-likeness (QED) is 0.781. The molecule has 114 valence electrons. The van der Waals surface area contributed by atoms with Crippen LogP contribution in [0, 0.1) is 5.92 Å². The van der Waals surface area contributed by atoms with Crippen LogP contribution >= 0.6 is 0 Å². The number of alkyl carbamates (subject to hydrolysis) is 1. The van der Waals surface area contributed by atoms with Gasteiger partial charge < -0.3 is 20.1 Å². The minimum Gasteiger partial charge on any atom is -0.480 e. The van der Waals surface area contributed by atoms with E-state index in [-0.39, 0.29) is 18.9 Å². The molecule has 0 saturated carbocycles. The molecule has 0 aromatic rings. The van der Waals surface area contributed by atoms with E-state index in [0.29, 0.717) is 0 Å². The predicted octanol–water partition coefficient (Wildman–Crippen LogP) is 0.391. The maximum atomic E-state index is 13.4. The van der Waals surface area contributed by atoms with Gasteiger partial charge in [0.25, 0.3) is 0 Å². The van der Waals surface area contributed by atoms with Gasteiger partial charge in [0.2, 0.25) is 5.91 Å². The van der Waals surface area contributed by atoms with E-state index in [2.05, 4.69) is 10.1 Å². The Kier molecular flexibility index (Phi) is 5.29. The second-order valence-electron chi connectivity index (χ2n) is 5.04. The highest BCUT2D eigenvalue weighted by molar-refractivity contribution is 5.90. The van der Waals surface area contributed by atoms with Gasteiger partial charge >= 0.3 is 12.1 Å². The molecule has 0 radical (unpaired) electrons. The number of carbonyl (C=O) groups is 3. The van der Waals surface area contributed by atoms with Crippen molar-refractivity contribution in [1.82, 2.24) is 10.2 Å². The molecule has 1 aliphatic heterocycles. The molecule has 2 N–H and O–H groups in total. The van der Waals surface area contributed by atoms with Gasteiger partial charge in [0.15, 0.2) is 0 Å². The number of carboxylic acids is 1. The lowest BCUT2D eigenvalue weighted by molar-refractivity contribution is -0.149. The number of rotatable bonds is 4. The summed E-state index contributed by atoms with van der Waals surface area (Å²) in [6, 6.07) is -2.15. The average Bonchev–Trinajstić information content (AvgIpc) is 2.76. The molecule has 7 nitrogen and oxygen atoms in total. The summed E-state index contributed by atoms with van der Waals surface area (Å²) < 4.78 is 17.8. The molecule has 1 rings (SSSR count). The van der Waals surface area contributed by atoms with Gasteiger partial charge in [-0.3, -0.25) is 4.79 Å². The van der Waals surface area contributed by atoms with E-state index in [1.165, 1.54) is 0 Å². The maximum absolute atomic E-state index is 13.4. The number of methoxy groups -OCH3 is 1. The first-order valence-electron chi connectivity index (χ1n) is 6.29. The van der Waals surface area contributed by atoms with E-state index in [9.17, 15) is 18.8 Å². The second-order valence-corrected chi connectivity index (χ2v) is 5.04. The zero-order chi connectivity index (χ0) is 15.4. The summed E-state index contributed by atoms with van der Waals surface area (Å²) in [6.45, 7) is 3.11. The largest absolute Gasteiger partial charge is 0.480 e. The number of alkyl halides is 1. The summed E-state index contributed by atoms with van der Waals surface area (Å²) in [7, 11) is 1.16. The van der Waals surface area contributed by atoms with Crippen molar-refractivity contribution < 1.29 is 28.6 Å². The zero-order valence-electron chi connectivity index (χ0n) is 11.6. The normalized spacial score (nSPS) is 23.6. The Labute approximate surface area is 116 Å². The lowest BCUT2D eigenvalue weighted by Gasteiger charge is -2.28. The summed E-state index contributed by atoms with van der Waals surface area (Å²) in [5.74, 6) is -2.15. The van der Waals surface area contributed by atoms with E-state index in [1.54, 1.807) is 13.8 Å². The van der Waals surface area contributed by atoms with Gasteiger partial charge in [-0.15, -0.1) is 0 Å². The smallest absolute Gasteiger partial charge is 0.407 e. The second kappa shape index (κ2) is 6.53. The molecule has 0 aromatic carbocycles. The fourth-order valence-electron chi connectivity index (χ4n) is 2.14. The van der Waals surface area contributed by atoms with Crippen LogP contribution in [0.25, 0.3) is 0 Å². The predicted molar refractivity (Wildman–Crippen MR) is 66.8 cm³/mol. The molecule has 1 fully saturated rings. The van der Waals surface area contributed by atoms with Crippen LogP contribution < -0.4 is 5.32 Å². The van der Waals surface area contributed by atoms with Gasteiger partial charge in [-0.25, -0.2) is 14.0 Å². The number of carbonyl (C=O) groups excluding carboxylic acids is 2. The van der Waals surface area contributed by atoms with Crippen LogP contribution in [-0.4, -0.2) is 59.9 Å². The van der Waals surface area contributed by atoms with Crippen LogP contribution in [0.3, 0.4) is 0 Å². The lowest BCUT2D eigenvalue weighted by atomic mass is 10.0. The molecular weight excluding hydrogens is 271 g/mol. The van der Waals surface area contributed by atoms with Gasteiger partial charge in [-0.05, 0) is 5.92 Å². The van der Waals surface area contributed by atoms with Gasteiger partial charge in [0.1, 0.15) is 18.3 Å². The summed E-state index contributed by atoms with van der Waals surface area (Å²) in [5, 5.41) is 11.4. The molecule has 0 unspecified atom stereocenters. The number of halogens is 1. The third kappa shape index (κ3) is 3.58. The first-order valence-corrected chi connectivity index (χ1v) is 6.29. The zero-order valence-corrected chi connectivity index (χ0v) is 11.6. The monoisotopic (exact) mass is 290 g/mol. The van der Waals surface area contributed by atoms with Gasteiger partial charge in [0.05, 0.1) is 13.7 Å². The third-order valence-electron chi connectivity index (χ3n) is 3.21. The van der Waals surface area contributed by atoms with E-state index < -0.39 is 36.2 Å². The Morgan fingerprint density at radius 2 is 2.00 bits per heavy atom. The number of amides is 2. The topological polar surface area (TPSA) is 95.9 Å². The first-order chi connectivity index (χ1) is 9.27. The maximum Gasteiger partial charge on any atom is 0.407 e. The number of likely N-dealkylation sites (tertiary alicyclic amines) is 1. The van der Waals surface area contributed by atoms with Gasteiger partial charge in [-0.1, -0.05) is 13.8 Å². The van der Waals surface area contributed by atoms with E-state index in [4.69, 9.17) is 5.11 Å². The molecule has 1 saturated heterocycles. The summed E-state index contributed by atoms with van der Waals surface area (Å²) in [5.41, 5.74) is 0. The van der Waals surface area contributed by atoms with E-state index in [1.807, 2.05) is 0 Å². The number of hydrogen-bond acceptors (Lipinski definition) is 4. The van der Waals surface area contributed by atoms with E-state index >= 15 is 0 Å². The summed E-state index contributed by atoms with van der Waals surface area (Å²) in [4.78, 5) is 35.6. The van der Waals surface area contributed by atoms with Crippen LogP contribution in [0.1, 0.15) is 20.3 Å². The van der Waals surface area contributed by atoms with Crippen LogP contribution in [-0.2, 0) is 14.3 Å². The molecule has 20 heavy (non-hydrogen) atoms.